The first-order chi connectivity index (χ1) is 5.86. The Morgan fingerprint density at radius 2 is 2.33 bits per heavy atom. The Hall–Kier alpha value is -1.05. The van der Waals surface area contributed by atoms with Crippen LogP contribution in [0.25, 0.3) is 0 Å². The van der Waals surface area contributed by atoms with Gasteiger partial charge in [-0.05, 0) is 12.5 Å². The standard InChI is InChI=1S/C10H13NO/c12-10-5-3-7-11-6-2-1-4-9(11)8-10/h1-2,4H,3,5-8H2. The van der Waals surface area contributed by atoms with E-state index in [9.17, 15) is 4.79 Å². The zero-order chi connectivity index (χ0) is 8.39. The van der Waals surface area contributed by atoms with E-state index >= 15 is 0 Å². The van der Waals surface area contributed by atoms with Gasteiger partial charge in [-0.25, -0.2) is 0 Å². The highest BCUT2D eigenvalue weighted by Crippen LogP contribution is 2.19. The molecule has 0 bridgehead atoms. The highest BCUT2D eigenvalue weighted by Gasteiger charge is 2.17. The summed E-state index contributed by atoms with van der Waals surface area (Å²) in [6.45, 7) is 2.03. The lowest BCUT2D eigenvalue weighted by Crippen LogP contribution is -2.24. The van der Waals surface area contributed by atoms with Crippen LogP contribution in [0.1, 0.15) is 19.3 Å². The molecular formula is C10H13NO. The van der Waals surface area contributed by atoms with Crippen molar-refractivity contribution in [2.45, 2.75) is 19.3 Å². The zero-order valence-corrected chi connectivity index (χ0v) is 7.12. The molecule has 1 fully saturated rings. The molecule has 2 aliphatic heterocycles. The van der Waals surface area contributed by atoms with Gasteiger partial charge >= 0.3 is 0 Å². The van der Waals surface area contributed by atoms with E-state index < -0.39 is 0 Å². The molecule has 0 atom stereocenters. The average molecular weight is 163 g/mol. The summed E-state index contributed by atoms with van der Waals surface area (Å²) in [5, 5.41) is 0. The van der Waals surface area contributed by atoms with Crippen molar-refractivity contribution in [3.8, 4) is 0 Å². The van der Waals surface area contributed by atoms with E-state index in [4.69, 9.17) is 0 Å². The van der Waals surface area contributed by atoms with Gasteiger partial charge in [-0.2, -0.15) is 0 Å². The fourth-order valence-electron chi connectivity index (χ4n) is 1.75. The summed E-state index contributed by atoms with van der Waals surface area (Å²) in [7, 11) is 0. The van der Waals surface area contributed by atoms with Crippen LogP contribution in [0.2, 0.25) is 0 Å². The van der Waals surface area contributed by atoms with E-state index in [0.29, 0.717) is 12.2 Å². The molecule has 0 spiro atoms. The van der Waals surface area contributed by atoms with Gasteiger partial charge in [0.25, 0.3) is 0 Å². The maximum Gasteiger partial charge on any atom is 0.138 e. The number of ketones is 1. The van der Waals surface area contributed by atoms with Crippen molar-refractivity contribution < 1.29 is 4.79 Å². The van der Waals surface area contributed by atoms with E-state index in [1.165, 1.54) is 5.70 Å². The molecular weight excluding hydrogens is 150 g/mol. The van der Waals surface area contributed by atoms with E-state index in [2.05, 4.69) is 17.1 Å². The molecule has 1 saturated heterocycles. The summed E-state index contributed by atoms with van der Waals surface area (Å²) in [5.74, 6) is 0.388. The molecule has 0 aromatic heterocycles. The number of rotatable bonds is 0. The third-order valence-electron chi connectivity index (χ3n) is 2.42. The summed E-state index contributed by atoms with van der Waals surface area (Å²) in [4.78, 5) is 13.5. The first-order valence-electron chi connectivity index (χ1n) is 4.48. The molecule has 12 heavy (non-hydrogen) atoms. The Kier molecular flexibility index (Phi) is 1.98. The summed E-state index contributed by atoms with van der Waals surface area (Å²) < 4.78 is 0. The van der Waals surface area contributed by atoms with Crippen molar-refractivity contribution in [3.63, 3.8) is 0 Å². The van der Waals surface area contributed by atoms with E-state index in [1.807, 2.05) is 6.08 Å². The largest absolute Gasteiger partial charge is 0.371 e. The number of carbonyl (C=O) groups is 1. The lowest BCUT2D eigenvalue weighted by atomic mass is 10.1. The highest BCUT2D eigenvalue weighted by atomic mass is 16.1. The number of hydrogen-bond acceptors (Lipinski definition) is 2. The third kappa shape index (κ3) is 1.42. The molecule has 2 rings (SSSR count). The Morgan fingerprint density at radius 3 is 3.25 bits per heavy atom. The number of hydrogen-bond donors (Lipinski definition) is 0. The van der Waals surface area contributed by atoms with Gasteiger partial charge in [-0.1, -0.05) is 12.2 Å². The molecule has 0 aromatic rings. The van der Waals surface area contributed by atoms with Gasteiger partial charge in [-0.3, -0.25) is 4.79 Å². The van der Waals surface area contributed by atoms with Crippen LogP contribution in [-0.4, -0.2) is 23.8 Å². The van der Waals surface area contributed by atoms with Crippen molar-refractivity contribution in [1.82, 2.24) is 4.90 Å². The van der Waals surface area contributed by atoms with Crippen LogP contribution in [0.4, 0.5) is 0 Å². The van der Waals surface area contributed by atoms with Gasteiger partial charge in [0, 0.05) is 31.6 Å². The van der Waals surface area contributed by atoms with Crippen molar-refractivity contribution in [1.29, 1.82) is 0 Å². The minimum absolute atomic E-state index is 0.388. The number of fused-ring (bicyclic) bond motifs is 1. The van der Waals surface area contributed by atoms with Crippen molar-refractivity contribution in [3.05, 3.63) is 23.9 Å². The number of nitrogens with zero attached hydrogens (tertiary/aromatic N) is 1. The van der Waals surface area contributed by atoms with Gasteiger partial charge in [0.15, 0.2) is 0 Å². The monoisotopic (exact) mass is 163 g/mol. The Morgan fingerprint density at radius 1 is 1.42 bits per heavy atom. The first-order valence-corrected chi connectivity index (χ1v) is 4.48. The molecule has 0 aromatic carbocycles. The van der Waals surface area contributed by atoms with Crippen LogP contribution in [0.15, 0.2) is 23.9 Å². The molecule has 0 amide bonds. The molecule has 2 heteroatoms. The fourth-order valence-corrected chi connectivity index (χ4v) is 1.75. The average Bonchev–Trinajstić information content (AvgIpc) is 2.25. The number of Topliss-reactive ketones (excluding diaryl/α,β-unsaturated/α-hetero) is 1. The summed E-state index contributed by atoms with van der Waals surface area (Å²) in [5.41, 5.74) is 1.21. The normalized spacial score (nSPS) is 23.2. The van der Waals surface area contributed by atoms with E-state index in [-0.39, 0.29) is 0 Å². The highest BCUT2D eigenvalue weighted by molar-refractivity contribution is 5.81. The van der Waals surface area contributed by atoms with Crippen molar-refractivity contribution in [2.75, 3.05) is 13.1 Å². The van der Waals surface area contributed by atoms with Crippen molar-refractivity contribution in [2.24, 2.45) is 0 Å². The zero-order valence-electron chi connectivity index (χ0n) is 7.12. The van der Waals surface area contributed by atoms with Gasteiger partial charge in [-0.15, -0.1) is 0 Å². The van der Waals surface area contributed by atoms with Crippen LogP contribution in [0.3, 0.4) is 0 Å². The smallest absolute Gasteiger partial charge is 0.138 e. The fraction of sp³-hybridized carbons (Fsp3) is 0.500. The van der Waals surface area contributed by atoms with Crippen LogP contribution in [0.5, 0.6) is 0 Å². The summed E-state index contributed by atoms with van der Waals surface area (Å²) in [6, 6.07) is 0. The van der Waals surface area contributed by atoms with E-state index in [1.54, 1.807) is 0 Å². The topological polar surface area (TPSA) is 20.3 Å². The Bertz CT molecular complexity index is 253. The molecule has 0 aliphatic carbocycles. The molecule has 2 aliphatic rings. The molecule has 0 N–H and O–H groups in total. The summed E-state index contributed by atoms with van der Waals surface area (Å²) >= 11 is 0. The minimum atomic E-state index is 0.388. The Balaban J connectivity index is 2.18. The van der Waals surface area contributed by atoms with Crippen LogP contribution < -0.4 is 0 Å². The van der Waals surface area contributed by atoms with Crippen LogP contribution >= 0.6 is 0 Å². The van der Waals surface area contributed by atoms with E-state index in [0.717, 1.165) is 25.9 Å². The predicted octanol–water partition coefficient (Wildman–Crippen LogP) is 1.50. The Labute approximate surface area is 72.6 Å². The second-order valence-corrected chi connectivity index (χ2v) is 3.35. The summed E-state index contributed by atoms with van der Waals surface area (Å²) in [6.07, 6.45) is 8.67. The van der Waals surface area contributed by atoms with Crippen molar-refractivity contribution >= 4 is 5.78 Å². The number of carbonyl (C=O) groups excluding carboxylic acids is 1. The van der Waals surface area contributed by atoms with Gasteiger partial charge in [0.1, 0.15) is 5.78 Å². The minimum Gasteiger partial charge on any atom is -0.371 e. The third-order valence-corrected chi connectivity index (χ3v) is 2.42. The second-order valence-electron chi connectivity index (χ2n) is 3.35. The lowest BCUT2D eigenvalue weighted by molar-refractivity contribution is -0.118. The van der Waals surface area contributed by atoms with Gasteiger partial charge in [0.2, 0.25) is 0 Å². The lowest BCUT2D eigenvalue weighted by Gasteiger charge is -2.25. The maximum atomic E-state index is 11.2. The molecule has 0 unspecified atom stereocenters. The maximum absolute atomic E-state index is 11.2. The first kappa shape index (κ1) is 7.59. The molecule has 64 valence electrons. The molecule has 0 radical (unpaired) electrons. The van der Waals surface area contributed by atoms with Crippen LogP contribution in [0, 0.1) is 0 Å². The second kappa shape index (κ2) is 3.13. The molecule has 0 saturated carbocycles. The van der Waals surface area contributed by atoms with Gasteiger partial charge in [0.05, 0.1) is 0 Å². The molecule has 2 heterocycles. The number of allylic oxidation sites excluding steroid dienone is 3. The van der Waals surface area contributed by atoms with Gasteiger partial charge < -0.3 is 4.90 Å². The quantitative estimate of drug-likeness (QED) is 0.539. The molecule has 2 nitrogen and oxygen atoms in total. The SMILES string of the molecule is O=C1CCCN2CC=CC=C2C1. The van der Waals surface area contributed by atoms with Crippen LogP contribution in [-0.2, 0) is 4.79 Å². The predicted molar refractivity (Wildman–Crippen MR) is 47.7 cm³/mol.